The molecule has 0 saturated heterocycles. The van der Waals surface area contributed by atoms with E-state index in [-0.39, 0.29) is 16.8 Å². The van der Waals surface area contributed by atoms with E-state index in [1.165, 1.54) is 17.7 Å². The zero-order valence-electron chi connectivity index (χ0n) is 10.8. The molecule has 0 aliphatic carbocycles. The first-order valence-electron chi connectivity index (χ1n) is 6.22. The van der Waals surface area contributed by atoms with Crippen molar-refractivity contribution in [1.29, 1.82) is 0 Å². The normalized spacial score (nSPS) is 10.1. The summed E-state index contributed by atoms with van der Waals surface area (Å²) < 4.78 is 0. The Morgan fingerprint density at radius 2 is 1.90 bits per heavy atom. The largest absolute Gasteiger partial charge is 0.506 e. The molecule has 3 N–H and O–H groups in total. The molecule has 2 aromatic carbocycles. The second-order valence-electron chi connectivity index (χ2n) is 4.28. The molecule has 4 nitrogen and oxygen atoms in total. The van der Waals surface area contributed by atoms with Crippen LogP contribution in [0.2, 0.25) is 5.02 Å². The van der Waals surface area contributed by atoms with Crippen LogP contribution >= 0.6 is 11.6 Å². The number of rotatable bonds is 4. The number of benzene rings is 2. The number of urea groups is 1. The van der Waals surface area contributed by atoms with E-state index in [9.17, 15) is 9.90 Å². The van der Waals surface area contributed by atoms with E-state index < -0.39 is 0 Å². The molecule has 0 unspecified atom stereocenters. The molecule has 0 heterocycles. The van der Waals surface area contributed by atoms with Gasteiger partial charge >= 0.3 is 6.03 Å². The molecule has 0 fully saturated rings. The molecule has 0 atom stereocenters. The highest BCUT2D eigenvalue weighted by atomic mass is 35.5. The lowest BCUT2D eigenvalue weighted by Gasteiger charge is -2.08. The number of halogens is 1. The van der Waals surface area contributed by atoms with Crippen LogP contribution in [0.3, 0.4) is 0 Å². The van der Waals surface area contributed by atoms with E-state index in [4.69, 9.17) is 11.6 Å². The minimum atomic E-state index is -0.303. The number of amides is 2. The Morgan fingerprint density at radius 3 is 2.60 bits per heavy atom. The molecule has 2 amide bonds. The van der Waals surface area contributed by atoms with Crippen LogP contribution in [0.15, 0.2) is 48.5 Å². The molecule has 20 heavy (non-hydrogen) atoms. The molecular formula is C15H15ClN2O2. The summed E-state index contributed by atoms with van der Waals surface area (Å²) in [6.45, 7) is 0.543. The summed E-state index contributed by atoms with van der Waals surface area (Å²) in [6, 6.07) is 14.1. The van der Waals surface area contributed by atoms with Crippen molar-refractivity contribution < 1.29 is 9.90 Å². The summed E-state index contributed by atoms with van der Waals surface area (Å²) in [7, 11) is 0. The maximum absolute atomic E-state index is 11.7. The molecule has 0 spiro atoms. The Balaban J connectivity index is 1.79. The van der Waals surface area contributed by atoms with E-state index >= 15 is 0 Å². The van der Waals surface area contributed by atoms with Gasteiger partial charge in [0.05, 0.1) is 5.02 Å². The van der Waals surface area contributed by atoms with Gasteiger partial charge in [0.25, 0.3) is 0 Å². The van der Waals surface area contributed by atoms with E-state index in [1.807, 2.05) is 30.3 Å². The van der Waals surface area contributed by atoms with Crippen molar-refractivity contribution in [3.63, 3.8) is 0 Å². The maximum Gasteiger partial charge on any atom is 0.319 e. The highest BCUT2D eigenvalue weighted by Gasteiger charge is 2.04. The Morgan fingerprint density at radius 1 is 1.15 bits per heavy atom. The van der Waals surface area contributed by atoms with Gasteiger partial charge in [0, 0.05) is 12.2 Å². The van der Waals surface area contributed by atoms with Gasteiger partial charge in [-0.05, 0) is 30.2 Å². The van der Waals surface area contributed by atoms with Crippen molar-refractivity contribution in [3.05, 3.63) is 59.1 Å². The minimum absolute atomic E-state index is 0.0123. The predicted octanol–water partition coefficient (Wildman–Crippen LogP) is 3.41. The molecular weight excluding hydrogens is 276 g/mol. The van der Waals surface area contributed by atoms with E-state index in [2.05, 4.69) is 10.6 Å². The summed E-state index contributed by atoms with van der Waals surface area (Å²) in [4.78, 5) is 11.7. The zero-order chi connectivity index (χ0) is 14.4. The number of carbonyl (C=O) groups is 1. The summed E-state index contributed by atoms with van der Waals surface area (Å²) in [6.07, 6.45) is 0.768. The minimum Gasteiger partial charge on any atom is -0.506 e. The first-order valence-corrected chi connectivity index (χ1v) is 6.60. The molecule has 0 radical (unpaired) electrons. The topological polar surface area (TPSA) is 61.4 Å². The average Bonchev–Trinajstić information content (AvgIpc) is 2.44. The average molecular weight is 291 g/mol. The van der Waals surface area contributed by atoms with Crippen LogP contribution in [-0.4, -0.2) is 17.7 Å². The summed E-state index contributed by atoms with van der Waals surface area (Å²) >= 11 is 5.76. The van der Waals surface area contributed by atoms with Crippen LogP contribution in [0.4, 0.5) is 10.5 Å². The number of hydrogen-bond donors (Lipinski definition) is 3. The number of aromatic hydroxyl groups is 1. The molecule has 0 bridgehead atoms. The number of hydrogen-bond acceptors (Lipinski definition) is 2. The van der Waals surface area contributed by atoms with Crippen LogP contribution in [0.25, 0.3) is 0 Å². The third-order valence-electron chi connectivity index (χ3n) is 2.75. The van der Waals surface area contributed by atoms with E-state index in [1.54, 1.807) is 6.07 Å². The second-order valence-corrected chi connectivity index (χ2v) is 4.69. The Bertz CT molecular complexity index is 588. The monoisotopic (exact) mass is 290 g/mol. The summed E-state index contributed by atoms with van der Waals surface area (Å²) in [5, 5.41) is 14.9. The van der Waals surface area contributed by atoms with Gasteiger partial charge in [0.15, 0.2) is 0 Å². The van der Waals surface area contributed by atoms with Gasteiger partial charge in [-0.15, -0.1) is 0 Å². The lowest BCUT2D eigenvalue weighted by molar-refractivity contribution is 0.252. The Labute approximate surface area is 122 Å². The number of anilines is 1. The molecule has 2 aromatic rings. The number of nitrogens with one attached hydrogen (secondary N) is 2. The van der Waals surface area contributed by atoms with E-state index in [0.717, 1.165) is 6.42 Å². The number of carbonyl (C=O) groups excluding carboxylic acids is 1. The molecule has 0 aliphatic heterocycles. The third-order valence-corrected chi connectivity index (χ3v) is 3.05. The van der Waals surface area contributed by atoms with Crippen molar-refractivity contribution in [2.45, 2.75) is 6.42 Å². The first-order chi connectivity index (χ1) is 9.65. The van der Waals surface area contributed by atoms with Crippen LogP contribution in [-0.2, 0) is 6.42 Å². The quantitative estimate of drug-likeness (QED) is 0.756. The third kappa shape index (κ3) is 4.17. The van der Waals surface area contributed by atoms with Crippen molar-refractivity contribution in [1.82, 2.24) is 5.32 Å². The van der Waals surface area contributed by atoms with Gasteiger partial charge in [0.1, 0.15) is 5.75 Å². The highest BCUT2D eigenvalue weighted by Crippen LogP contribution is 2.25. The second kappa shape index (κ2) is 6.82. The van der Waals surface area contributed by atoms with Crippen LogP contribution in [0.1, 0.15) is 5.56 Å². The lowest BCUT2D eigenvalue weighted by Crippen LogP contribution is -2.30. The molecule has 0 saturated carbocycles. The smallest absolute Gasteiger partial charge is 0.319 e. The van der Waals surface area contributed by atoms with Crippen molar-refractivity contribution in [3.8, 4) is 5.75 Å². The maximum atomic E-state index is 11.7. The summed E-state index contributed by atoms with van der Waals surface area (Å²) in [5.41, 5.74) is 1.70. The van der Waals surface area contributed by atoms with Crippen LogP contribution in [0.5, 0.6) is 5.75 Å². The van der Waals surface area contributed by atoms with Gasteiger partial charge in [-0.2, -0.15) is 0 Å². The fourth-order valence-corrected chi connectivity index (χ4v) is 1.91. The number of phenolic OH excluding ortho intramolecular Hbond substituents is 1. The van der Waals surface area contributed by atoms with Crippen LogP contribution < -0.4 is 10.6 Å². The molecule has 2 rings (SSSR count). The van der Waals surface area contributed by atoms with E-state index in [0.29, 0.717) is 12.2 Å². The molecule has 0 aliphatic rings. The fourth-order valence-electron chi connectivity index (χ4n) is 1.72. The summed E-state index contributed by atoms with van der Waals surface area (Å²) in [5.74, 6) is -0.0123. The van der Waals surface area contributed by atoms with Gasteiger partial charge in [0.2, 0.25) is 0 Å². The fraction of sp³-hybridized carbons (Fsp3) is 0.133. The lowest BCUT2D eigenvalue weighted by atomic mass is 10.1. The number of phenols is 1. The molecule has 104 valence electrons. The van der Waals surface area contributed by atoms with Crippen molar-refractivity contribution >= 4 is 23.3 Å². The first kappa shape index (κ1) is 14.2. The predicted molar refractivity (Wildman–Crippen MR) is 80.3 cm³/mol. The van der Waals surface area contributed by atoms with Crippen LogP contribution in [0, 0.1) is 0 Å². The van der Waals surface area contributed by atoms with Crippen molar-refractivity contribution in [2.75, 3.05) is 11.9 Å². The van der Waals surface area contributed by atoms with Crippen molar-refractivity contribution in [2.24, 2.45) is 0 Å². The zero-order valence-corrected chi connectivity index (χ0v) is 11.5. The SMILES string of the molecule is O=C(NCCc1ccccc1)Nc1ccc(O)c(Cl)c1. The Kier molecular flexibility index (Phi) is 4.85. The molecule has 0 aromatic heterocycles. The van der Waals surface area contributed by atoms with Gasteiger partial charge in [-0.1, -0.05) is 41.9 Å². The van der Waals surface area contributed by atoms with Gasteiger partial charge in [-0.3, -0.25) is 0 Å². The molecule has 5 heteroatoms. The standard InChI is InChI=1S/C15H15ClN2O2/c16-13-10-12(6-7-14(13)19)18-15(20)17-9-8-11-4-2-1-3-5-11/h1-7,10,19H,8-9H2,(H2,17,18,20). The highest BCUT2D eigenvalue weighted by molar-refractivity contribution is 6.32. The Hall–Kier alpha value is -2.20. The van der Waals surface area contributed by atoms with Gasteiger partial charge in [-0.25, -0.2) is 4.79 Å². The van der Waals surface area contributed by atoms with Gasteiger partial charge < -0.3 is 15.7 Å².